The second-order valence-corrected chi connectivity index (χ2v) is 37.9. The molecule has 2 aliphatic heterocycles. The van der Waals surface area contributed by atoms with Gasteiger partial charge in [-0.1, -0.05) is 375 Å². The minimum Gasteiger partial charge on any atom is -0.462 e. The van der Waals surface area contributed by atoms with E-state index in [0.717, 1.165) is 257 Å². The van der Waals surface area contributed by atoms with E-state index >= 15 is 9.59 Å². The predicted molar refractivity (Wildman–Crippen MR) is 481 cm³/mol. The van der Waals surface area contributed by atoms with E-state index in [-0.39, 0.29) is 38.5 Å². The van der Waals surface area contributed by atoms with Crippen LogP contribution in [0, 0.1) is 0 Å². The van der Waals surface area contributed by atoms with Gasteiger partial charge in [-0.05, 0) is 51.4 Å². The molecule has 29 heteroatoms. The summed E-state index contributed by atoms with van der Waals surface area (Å²) in [6.07, 6.45) is 34.0. The van der Waals surface area contributed by atoms with E-state index in [1.807, 2.05) is 0 Å². The first-order chi connectivity index (χ1) is 59.3. The molecular formula is C94H178N2O25P2. The molecule has 14 unspecified atom stereocenters. The molecule has 724 valence electrons. The third-order valence-corrected chi connectivity index (χ3v) is 24.9. The molecule has 0 saturated carbocycles. The highest BCUT2D eigenvalue weighted by atomic mass is 31.2. The predicted octanol–water partition coefficient (Wildman–Crippen LogP) is 20.6. The maximum Gasteiger partial charge on any atom is 0.472 e. The summed E-state index contributed by atoms with van der Waals surface area (Å²) >= 11 is 0. The van der Waals surface area contributed by atoms with Gasteiger partial charge < -0.3 is 83.8 Å². The third kappa shape index (κ3) is 61.9. The maximum absolute atomic E-state index is 15.2. The normalized spacial score (nSPS) is 20.4. The van der Waals surface area contributed by atoms with Crippen LogP contribution in [0.1, 0.15) is 465 Å². The van der Waals surface area contributed by atoms with E-state index in [9.17, 15) is 68.3 Å². The maximum atomic E-state index is 15.2. The van der Waals surface area contributed by atoms with Gasteiger partial charge in [-0.25, -0.2) is 9.13 Å². The summed E-state index contributed by atoms with van der Waals surface area (Å²) in [5.74, 6) is -5.04. The topological polar surface area (TPSA) is 406 Å². The van der Waals surface area contributed by atoms with Crippen molar-refractivity contribution in [2.45, 2.75) is 551 Å². The minimum atomic E-state index is -5.69. The Balaban J connectivity index is 2.84. The molecule has 0 aromatic rings. The number of phosphoric acid groups is 2. The second-order valence-electron chi connectivity index (χ2n) is 35.5. The van der Waals surface area contributed by atoms with Gasteiger partial charge in [0.25, 0.3) is 0 Å². The summed E-state index contributed by atoms with van der Waals surface area (Å²) in [5.41, 5.74) is 0. The molecular weight excluding hydrogens is 1620 g/mol. The number of ether oxygens (including phenoxy) is 7. The third-order valence-electron chi connectivity index (χ3n) is 23.9. The Morgan fingerprint density at radius 2 is 0.626 bits per heavy atom. The number of nitrogens with one attached hydrogen (secondary N) is 2. The average Bonchev–Trinajstić information content (AvgIpc) is 0.778. The lowest BCUT2D eigenvalue weighted by Gasteiger charge is -2.47. The fourth-order valence-corrected chi connectivity index (χ4v) is 17.6. The Morgan fingerprint density at radius 3 is 0.984 bits per heavy atom. The molecule has 0 aromatic carbocycles. The summed E-state index contributed by atoms with van der Waals surface area (Å²) < 4.78 is 80.1. The number of carbonyl (C=O) groups excluding carboxylic acids is 6. The van der Waals surface area contributed by atoms with Crippen LogP contribution in [0.4, 0.5) is 0 Å². The number of unbranched alkanes of at least 4 members (excludes halogenated alkanes) is 50. The Bertz CT molecular complexity index is 2710. The van der Waals surface area contributed by atoms with Crippen LogP contribution in [-0.4, -0.2) is 175 Å². The fourth-order valence-electron chi connectivity index (χ4n) is 16.6. The van der Waals surface area contributed by atoms with Gasteiger partial charge in [-0.2, -0.15) is 0 Å². The van der Waals surface area contributed by atoms with Gasteiger partial charge in [-0.15, -0.1) is 0 Å². The van der Waals surface area contributed by atoms with Gasteiger partial charge in [0.05, 0.1) is 51.1 Å². The zero-order valence-corrected chi connectivity index (χ0v) is 79.4. The standard InChI is InChI=1S/C94H178N2O25P2/c1-7-13-19-25-31-37-38-44-50-56-62-68-84(103)115-78(66-60-54-48-42-35-29-23-17-11-5)72-86(105)119-92-88(96-82(101)71-77(65-59-53-47-41-34-28-22-16-10-4)114-83(102)67-61-55-49-43-36-30-24-18-12-6)93(116-79(73-97)90(92)120-122(107,108)109)113-74-80-89(106)91(118-85(104)70-76(99)64-58-52-46-40-33-27-21-15-9-3)87(94(117-80)121-123(110,111)112)95-81(100)69-75(98)63-57-51-45-39-32-26-20-14-8-2/h75-80,87-94,97-99,106H,7-74H2,1-6H3,(H,95,100)(H,96,101)(H2,107,108,109)(H2,110,111,112). The number of aliphatic hydroxyl groups is 4. The zero-order valence-electron chi connectivity index (χ0n) is 77.6. The first-order valence-corrected chi connectivity index (χ1v) is 52.8. The van der Waals surface area contributed by atoms with Crippen molar-refractivity contribution in [1.82, 2.24) is 10.6 Å². The molecule has 2 amide bonds. The Hall–Kier alpha value is -3.24. The van der Waals surface area contributed by atoms with Crippen LogP contribution in [0.15, 0.2) is 0 Å². The molecule has 14 atom stereocenters. The van der Waals surface area contributed by atoms with Gasteiger partial charge in [0, 0.05) is 12.8 Å². The number of rotatable bonds is 84. The average molecular weight is 1800 g/mol. The van der Waals surface area contributed by atoms with E-state index < -0.39 is 176 Å². The highest BCUT2D eigenvalue weighted by molar-refractivity contribution is 7.46. The highest BCUT2D eigenvalue weighted by Gasteiger charge is 2.55. The number of amides is 2. The number of phosphoric ester groups is 2. The monoisotopic (exact) mass is 1800 g/mol. The SMILES string of the molecule is CCCCCCCCCCCCCC(=O)OC(CCCCCCCCCCC)CC(=O)OC1C(NC(=O)CC(CCCCCCCCCCC)OC(=O)CCCCCCCCCCC)C(OCC2OC(OP(=O)(O)O)C(NC(=O)CC(O)CCCCCCCCCCC)C(OC(=O)CC(O)CCCCCCCCCCC)C2O)OC(CO)C1OP(=O)(O)O. The Labute approximate surface area is 742 Å². The van der Waals surface area contributed by atoms with Crippen molar-refractivity contribution in [1.29, 1.82) is 0 Å². The van der Waals surface area contributed by atoms with Crippen molar-refractivity contribution in [2.24, 2.45) is 0 Å². The van der Waals surface area contributed by atoms with E-state index in [4.69, 9.17) is 42.2 Å². The van der Waals surface area contributed by atoms with Crippen LogP contribution in [0.25, 0.3) is 0 Å². The first-order valence-electron chi connectivity index (χ1n) is 49.7. The smallest absolute Gasteiger partial charge is 0.462 e. The lowest BCUT2D eigenvalue weighted by Crippen LogP contribution is -2.68. The lowest BCUT2D eigenvalue weighted by atomic mass is 9.95. The van der Waals surface area contributed by atoms with Crippen LogP contribution in [-0.2, 0) is 80.1 Å². The molecule has 0 radical (unpaired) electrons. The Kier molecular flexibility index (Phi) is 71.0. The lowest BCUT2D eigenvalue weighted by molar-refractivity contribution is -0.297. The Morgan fingerprint density at radius 1 is 0.333 bits per heavy atom. The molecule has 0 bridgehead atoms. The number of carbonyl (C=O) groups is 6. The van der Waals surface area contributed by atoms with Gasteiger partial charge in [0.15, 0.2) is 24.8 Å². The number of hydrogen-bond acceptors (Lipinski definition) is 21. The van der Waals surface area contributed by atoms with Crippen LogP contribution in [0.2, 0.25) is 0 Å². The molecule has 2 heterocycles. The summed E-state index contributed by atoms with van der Waals surface area (Å²) in [6, 6.07) is -3.86. The highest BCUT2D eigenvalue weighted by Crippen LogP contribution is 2.44. The van der Waals surface area contributed by atoms with Gasteiger partial charge >= 0.3 is 39.5 Å². The molecule has 2 aliphatic rings. The van der Waals surface area contributed by atoms with E-state index in [0.29, 0.717) is 38.5 Å². The summed E-state index contributed by atoms with van der Waals surface area (Å²) in [6.45, 7) is 10.9. The van der Waals surface area contributed by atoms with E-state index in [2.05, 4.69) is 52.2 Å². The van der Waals surface area contributed by atoms with Gasteiger partial charge in [-0.3, -0.25) is 37.8 Å². The molecule has 0 spiro atoms. The summed E-state index contributed by atoms with van der Waals surface area (Å²) in [4.78, 5) is 128. The molecule has 2 fully saturated rings. The van der Waals surface area contributed by atoms with Crippen molar-refractivity contribution in [3.63, 3.8) is 0 Å². The van der Waals surface area contributed by atoms with Crippen molar-refractivity contribution in [3.05, 3.63) is 0 Å². The summed E-state index contributed by atoms with van der Waals surface area (Å²) in [5, 5.41) is 51.5. The van der Waals surface area contributed by atoms with Gasteiger partial charge in [0.2, 0.25) is 11.8 Å². The molecule has 10 N–H and O–H groups in total. The molecule has 0 aromatic heterocycles. The quantitative estimate of drug-likeness (QED) is 0.0117. The van der Waals surface area contributed by atoms with Crippen LogP contribution in [0.5, 0.6) is 0 Å². The van der Waals surface area contributed by atoms with Crippen LogP contribution >= 0.6 is 15.6 Å². The van der Waals surface area contributed by atoms with Crippen molar-refractivity contribution < 1.29 is 120 Å². The molecule has 2 rings (SSSR count). The largest absolute Gasteiger partial charge is 0.472 e. The van der Waals surface area contributed by atoms with Crippen molar-refractivity contribution in [3.8, 4) is 0 Å². The summed E-state index contributed by atoms with van der Waals surface area (Å²) in [7, 11) is -11.4. The van der Waals surface area contributed by atoms with Crippen molar-refractivity contribution in [2.75, 3.05) is 13.2 Å². The molecule has 123 heavy (non-hydrogen) atoms. The van der Waals surface area contributed by atoms with Gasteiger partial charge in [0.1, 0.15) is 48.7 Å². The van der Waals surface area contributed by atoms with Crippen LogP contribution in [0.3, 0.4) is 0 Å². The second kappa shape index (κ2) is 75.4. The van der Waals surface area contributed by atoms with E-state index in [1.54, 1.807) is 0 Å². The fraction of sp³-hybridized carbons (Fsp3) is 0.936. The number of aliphatic hydroxyl groups excluding tert-OH is 4. The molecule has 0 aliphatic carbocycles. The van der Waals surface area contributed by atoms with Crippen molar-refractivity contribution >= 4 is 51.3 Å². The zero-order chi connectivity index (χ0) is 90.4. The van der Waals surface area contributed by atoms with E-state index in [1.165, 1.54) is 64.2 Å². The molecule has 2 saturated heterocycles. The molecule has 27 nitrogen and oxygen atoms in total. The number of hydrogen-bond donors (Lipinski definition) is 10. The minimum absolute atomic E-state index is 0.0781. The van der Waals surface area contributed by atoms with Crippen LogP contribution < -0.4 is 10.6 Å². The first kappa shape index (κ1) is 116. The number of esters is 4.